The Hall–Kier alpha value is -2.30. The van der Waals surface area contributed by atoms with Gasteiger partial charge in [0.25, 0.3) is 5.91 Å². The number of hydrogen-bond donors (Lipinski definition) is 2. The van der Waals surface area contributed by atoms with Crippen LogP contribution in [0.25, 0.3) is 0 Å². The summed E-state index contributed by atoms with van der Waals surface area (Å²) in [7, 11) is 1.80. The fourth-order valence-electron chi connectivity index (χ4n) is 2.22. The van der Waals surface area contributed by atoms with E-state index in [1.165, 1.54) is 0 Å². The summed E-state index contributed by atoms with van der Waals surface area (Å²) in [5.41, 5.74) is 3.72. The van der Waals surface area contributed by atoms with E-state index in [1.807, 2.05) is 33.8 Å². The summed E-state index contributed by atoms with van der Waals surface area (Å²) < 4.78 is 1.66. The average Bonchev–Trinajstić information content (AvgIpc) is 2.73. The number of carbonyl (C=O) groups excluding carboxylic acids is 1. The zero-order chi connectivity index (χ0) is 15.7. The number of phenols is 1. The predicted molar refractivity (Wildman–Crippen MR) is 82.8 cm³/mol. The summed E-state index contributed by atoms with van der Waals surface area (Å²) in [6, 6.07) is 3.51. The molecule has 1 amide bonds. The first-order valence-electron chi connectivity index (χ1n) is 6.94. The normalized spacial score (nSPS) is 11.0. The summed E-state index contributed by atoms with van der Waals surface area (Å²) in [6.45, 7) is 7.71. The SMILES string of the molecule is Cc1cc(O)c(C(C)C)cc1NC(=O)c1cnn(C)c1C. The molecule has 0 atom stereocenters. The molecular formula is C16H21N3O2. The summed E-state index contributed by atoms with van der Waals surface area (Å²) in [6.07, 6.45) is 1.56. The second-order valence-corrected chi connectivity index (χ2v) is 5.60. The minimum Gasteiger partial charge on any atom is -0.508 e. The Labute approximate surface area is 124 Å². The molecule has 112 valence electrons. The van der Waals surface area contributed by atoms with Crippen LogP contribution < -0.4 is 5.32 Å². The van der Waals surface area contributed by atoms with E-state index in [-0.39, 0.29) is 17.6 Å². The second kappa shape index (κ2) is 5.60. The molecule has 5 heteroatoms. The smallest absolute Gasteiger partial charge is 0.259 e. The zero-order valence-corrected chi connectivity index (χ0v) is 13.1. The molecule has 5 nitrogen and oxygen atoms in total. The molecule has 0 aliphatic carbocycles. The number of aromatic nitrogens is 2. The third-order valence-corrected chi connectivity index (χ3v) is 3.72. The van der Waals surface area contributed by atoms with Crippen molar-refractivity contribution in [3.05, 3.63) is 40.7 Å². The molecule has 0 saturated carbocycles. The van der Waals surface area contributed by atoms with Crippen molar-refractivity contribution in [2.24, 2.45) is 7.05 Å². The highest BCUT2D eigenvalue weighted by Crippen LogP contribution is 2.31. The Morgan fingerprint density at radius 2 is 2.00 bits per heavy atom. The van der Waals surface area contributed by atoms with Gasteiger partial charge in [0, 0.05) is 18.4 Å². The highest BCUT2D eigenvalue weighted by molar-refractivity contribution is 6.05. The van der Waals surface area contributed by atoms with Crippen molar-refractivity contribution in [2.45, 2.75) is 33.6 Å². The van der Waals surface area contributed by atoms with Crippen molar-refractivity contribution in [1.82, 2.24) is 9.78 Å². The summed E-state index contributed by atoms with van der Waals surface area (Å²) in [5.74, 6) is 0.253. The van der Waals surface area contributed by atoms with Gasteiger partial charge in [0.1, 0.15) is 5.75 Å². The van der Waals surface area contributed by atoms with E-state index in [4.69, 9.17) is 0 Å². The van der Waals surface area contributed by atoms with Crippen LogP contribution in [0.15, 0.2) is 18.3 Å². The van der Waals surface area contributed by atoms with Crippen molar-refractivity contribution in [3.8, 4) is 5.75 Å². The fraction of sp³-hybridized carbons (Fsp3) is 0.375. The van der Waals surface area contributed by atoms with Gasteiger partial charge in [-0.05, 0) is 43.0 Å². The minimum atomic E-state index is -0.191. The Morgan fingerprint density at radius 3 is 2.52 bits per heavy atom. The van der Waals surface area contributed by atoms with Crippen LogP contribution in [0.3, 0.4) is 0 Å². The van der Waals surface area contributed by atoms with Crippen LogP contribution in [0.2, 0.25) is 0 Å². The van der Waals surface area contributed by atoms with Crippen LogP contribution in [0.1, 0.15) is 46.9 Å². The molecule has 2 N–H and O–H groups in total. The average molecular weight is 287 g/mol. The van der Waals surface area contributed by atoms with Gasteiger partial charge in [-0.15, -0.1) is 0 Å². The molecule has 1 heterocycles. The molecular weight excluding hydrogens is 266 g/mol. The third-order valence-electron chi connectivity index (χ3n) is 3.72. The Bertz CT molecular complexity index is 687. The molecule has 1 aromatic carbocycles. The quantitative estimate of drug-likeness (QED) is 0.852. The number of phenolic OH excluding ortho intramolecular Hbond substituents is 1. The highest BCUT2D eigenvalue weighted by Gasteiger charge is 2.16. The number of hydrogen-bond acceptors (Lipinski definition) is 3. The van der Waals surface area contributed by atoms with Gasteiger partial charge in [-0.25, -0.2) is 0 Å². The molecule has 0 bridgehead atoms. The third kappa shape index (κ3) is 2.91. The number of nitrogens with one attached hydrogen (secondary N) is 1. The predicted octanol–water partition coefficient (Wildman–Crippen LogP) is 3.12. The van der Waals surface area contributed by atoms with Crippen LogP contribution in [-0.2, 0) is 7.05 Å². The lowest BCUT2D eigenvalue weighted by molar-refractivity contribution is 0.102. The highest BCUT2D eigenvalue weighted by atomic mass is 16.3. The lowest BCUT2D eigenvalue weighted by atomic mass is 9.99. The van der Waals surface area contributed by atoms with Gasteiger partial charge in [0.05, 0.1) is 11.8 Å². The molecule has 2 aromatic rings. The molecule has 2 rings (SSSR count). The lowest BCUT2D eigenvalue weighted by Crippen LogP contribution is -2.14. The van der Waals surface area contributed by atoms with E-state index >= 15 is 0 Å². The van der Waals surface area contributed by atoms with E-state index in [9.17, 15) is 9.90 Å². The molecule has 0 aliphatic heterocycles. The second-order valence-electron chi connectivity index (χ2n) is 5.60. The number of nitrogens with zero attached hydrogens (tertiary/aromatic N) is 2. The van der Waals surface area contributed by atoms with Crippen molar-refractivity contribution >= 4 is 11.6 Å². The summed E-state index contributed by atoms with van der Waals surface area (Å²) in [5, 5.41) is 16.9. The Balaban J connectivity index is 2.33. The molecule has 0 unspecified atom stereocenters. The van der Waals surface area contributed by atoms with E-state index in [0.29, 0.717) is 11.3 Å². The van der Waals surface area contributed by atoms with E-state index < -0.39 is 0 Å². The van der Waals surface area contributed by atoms with Crippen molar-refractivity contribution in [3.63, 3.8) is 0 Å². The van der Waals surface area contributed by atoms with Crippen LogP contribution in [0, 0.1) is 13.8 Å². The van der Waals surface area contributed by atoms with Crippen LogP contribution in [0.5, 0.6) is 5.75 Å². The number of amides is 1. The molecule has 0 spiro atoms. The molecule has 0 fully saturated rings. The van der Waals surface area contributed by atoms with E-state index in [1.54, 1.807) is 24.0 Å². The van der Waals surface area contributed by atoms with Gasteiger partial charge in [-0.3, -0.25) is 9.48 Å². The van der Waals surface area contributed by atoms with Crippen LogP contribution in [-0.4, -0.2) is 20.8 Å². The minimum absolute atomic E-state index is 0.182. The standard InChI is InChI=1S/C16H21N3O2/c1-9(2)12-7-14(10(3)6-15(12)20)18-16(21)13-8-17-19(5)11(13)4/h6-9,20H,1-5H3,(H,18,21). The van der Waals surface area contributed by atoms with Gasteiger partial charge >= 0.3 is 0 Å². The number of anilines is 1. The maximum atomic E-state index is 12.3. The van der Waals surface area contributed by atoms with Crippen LogP contribution >= 0.6 is 0 Å². The first kappa shape index (κ1) is 15.1. The zero-order valence-electron chi connectivity index (χ0n) is 13.1. The number of aryl methyl sites for hydroxylation is 2. The fourth-order valence-corrected chi connectivity index (χ4v) is 2.22. The van der Waals surface area contributed by atoms with Crippen molar-refractivity contribution in [1.29, 1.82) is 0 Å². The molecule has 0 aliphatic rings. The Morgan fingerprint density at radius 1 is 1.33 bits per heavy atom. The lowest BCUT2D eigenvalue weighted by Gasteiger charge is -2.14. The maximum absolute atomic E-state index is 12.3. The molecule has 21 heavy (non-hydrogen) atoms. The van der Waals surface area contributed by atoms with Gasteiger partial charge in [-0.1, -0.05) is 13.8 Å². The number of carbonyl (C=O) groups is 1. The molecule has 0 radical (unpaired) electrons. The van der Waals surface area contributed by atoms with E-state index in [2.05, 4.69) is 10.4 Å². The summed E-state index contributed by atoms with van der Waals surface area (Å²) in [4.78, 5) is 12.3. The number of aromatic hydroxyl groups is 1. The summed E-state index contributed by atoms with van der Waals surface area (Å²) >= 11 is 0. The molecule has 0 saturated heterocycles. The largest absolute Gasteiger partial charge is 0.508 e. The number of rotatable bonds is 3. The monoisotopic (exact) mass is 287 g/mol. The number of benzene rings is 1. The van der Waals surface area contributed by atoms with Crippen molar-refractivity contribution < 1.29 is 9.90 Å². The van der Waals surface area contributed by atoms with Gasteiger partial charge in [0.15, 0.2) is 0 Å². The Kier molecular flexibility index (Phi) is 4.02. The maximum Gasteiger partial charge on any atom is 0.259 e. The van der Waals surface area contributed by atoms with Gasteiger partial charge in [-0.2, -0.15) is 5.10 Å². The molecule has 1 aromatic heterocycles. The van der Waals surface area contributed by atoms with Crippen LogP contribution in [0.4, 0.5) is 5.69 Å². The first-order chi connectivity index (χ1) is 9.81. The first-order valence-corrected chi connectivity index (χ1v) is 6.94. The van der Waals surface area contributed by atoms with E-state index in [0.717, 1.165) is 16.8 Å². The van der Waals surface area contributed by atoms with Crippen molar-refractivity contribution in [2.75, 3.05) is 5.32 Å². The van der Waals surface area contributed by atoms with Gasteiger partial charge in [0.2, 0.25) is 0 Å². The topological polar surface area (TPSA) is 67.2 Å². The van der Waals surface area contributed by atoms with Gasteiger partial charge < -0.3 is 10.4 Å².